The van der Waals surface area contributed by atoms with Gasteiger partial charge in [-0.1, -0.05) is 6.92 Å². The van der Waals surface area contributed by atoms with Gasteiger partial charge >= 0.3 is 6.01 Å². The summed E-state index contributed by atoms with van der Waals surface area (Å²) in [5.74, 6) is 1.10. The van der Waals surface area contributed by atoms with E-state index < -0.39 is 10.0 Å². The number of anilines is 1. The summed E-state index contributed by atoms with van der Waals surface area (Å²) in [6, 6.07) is 7.28. The summed E-state index contributed by atoms with van der Waals surface area (Å²) in [5, 5.41) is 3.18. The van der Waals surface area contributed by atoms with E-state index in [0.717, 1.165) is 54.6 Å². The topological polar surface area (TPSA) is 103 Å². The van der Waals surface area contributed by atoms with Crippen molar-refractivity contribution in [2.24, 2.45) is 0 Å². The van der Waals surface area contributed by atoms with Crippen molar-refractivity contribution in [3.05, 3.63) is 58.3 Å². The van der Waals surface area contributed by atoms with Crippen LogP contribution in [0.3, 0.4) is 0 Å². The molecule has 1 saturated carbocycles. The zero-order valence-electron chi connectivity index (χ0n) is 18.7. The van der Waals surface area contributed by atoms with Crippen molar-refractivity contribution >= 4 is 27.0 Å². The minimum atomic E-state index is -3.29. The zero-order valence-corrected chi connectivity index (χ0v) is 20.4. The molecule has 0 radical (unpaired) electrons. The average molecular weight is 489 g/mol. The van der Waals surface area contributed by atoms with Crippen LogP contribution >= 0.6 is 11.3 Å². The molecule has 0 unspecified atom stereocenters. The fourth-order valence-corrected chi connectivity index (χ4v) is 5.27. The lowest BCUT2D eigenvalue weighted by Gasteiger charge is -2.27. The number of hydrogen-bond donors (Lipinski definition) is 1. The monoisotopic (exact) mass is 488 g/mol. The smallest absolute Gasteiger partial charge is 0.316 e. The van der Waals surface area contributed by atoms with Gasteiger partial charge in [-0.2, -0.15) is 0 Å². The highest BCUT2D eigenvalue weighted by molar-refractivity contribution is 7.92. The number of hydrogen-bond acceptors (Lipinski definition) is 8. The van der Waals surface area contributed by atoms with Gasteiger partial charge in [0.2, 0.25) is 10.0 Å². The molecule has 2 aromatic heterocycles. The predicted molar refractivity (Wildman–Crippen MR) is 128 cm³/mol. The van der Waals surface area contributed by atoms with Crippen LogP contribution in [0.25, 0.3) is 0 Å². The first kappa shape index (κ1) is 23.4. The molecule has 0 bridgehead atoms. The van der Waals surface area contributed by atoms with Crippen molar-refractivity contribution in [3.8, 4) is 11.8 Å². The highest BCUT2D eigenvalue weighted by atomic mass is 32.2. The summed E-state index contributed by atoms with van der Waals surface area (Å²) in [7, 11) is -3.29. The lowest BCUT2D eigenvalue weighted by atomic mass is 9.88. The Balaban J connectivity index is 1.24. The van der Waals surface area contributed by atoms with E-state index in [9.17, 15) is 8.42 Å². The van der Waals surface area contributed by atoms with E-state index >= 15 is 0 Å². The molecule has 33 heavy (non-hydrogen) atoms. The van der Waals surface area contributed by atoms with Crippen molar-refractivity contribution in [1.29, 1.82) is 0 Å². The van der Waals surface area contributed by atoms with Crippen LogP contribution in [0.15, 0.2) is 42.0 Å². The van der Waals surface area contributed by atoms with Crippen LogP contribution in [0.5, 0.6) is 11.8 Å². The van der Waals surface area contributed by atoms with E-state index in [4.69, 9.17) is 14.5 Å². The molecule has 1 aliphatic rings. The van der Waals surface area contributed by atoms with Gasteiger partial charge in [-0.05, 0) is 61.9 Å². The van der Waals surface area contributed by atoms with Crippen LogP contribution in [0.2, 0.25) is 0 Å². The van der Waals surface area contributed by atoms with Crippen LogP contribution < -0.4 is 14.2 Å². The number of aromatic nitrogens is 3. The van der Waals surface area contributed by atoms with Gasteiger partial charge in [0.05, 0.1) is 17.0 Å². The van der Waals surface area contributed by atoms with Gasteiger partial charge in [-0.25, -0.2) is 23.4 Å². The molecule has 3 aromatic rings. The van der Waals surface area contributed by atoms with E-state index in [1.165, 1.54) is 0 Å². The Hall–Kier alpha value is -2.72. The second-order valence-corrected chi connectivity index (χ2v) is 10.8. The van der Waals surface area contributed by atoms with Crippen molar-refractivity contribution in [3.63, 3.8) is 0 Å². The quantitative estimate of drug-likeness (QED) is 0.471. The molecular weight excluding hydrogens is 460 g/mol. The van der Waals surface area contributed by atoms with Gasteiger partial charge in [-0.15, -0.1) is 11.3 Å². The van der Waals surface area contributed by atoms with Gasteiger partial charge in [-0.3, -0.25) is 4.72 Å². The zero-order chi connectivity index (χ0) is 23.3. The molecule has 0 spiro atoms. The fraction of sp³-hybridized carbons (Fsp3) is 0.435. The average Bonchev–Trinajstić information content (AvgIpc) is 3.28. The number of aryl methyl sites for hydroxylation is 1. The first-order valence-electron chi connectivity index (χ1n) is 11.0. The highest BCUT2D eigenvalue weighted by Gasteiger charge is 2.26. The molecule has 0 atom stereocenters. The first-order chi connectivity index (χ1) is 15.9. The number of nitrogens with zero attached hydrogens (tertiary/aromatic N) is 3. The van der Waals surface area contributed by atoms with Gasteiger partial charge in [0.1, 0.15) is 18.5 Å². The molecule has 1 aromatic carbocycles. The molecular formula is C23H28N4O4S2. The van der Waals surface area contributed by atoms with E-state index in [0.29, 0.717) is 30.0 Å². The molecule has 4 rings (SSSR count). The maximum Gasteiger partial charge on any atom is 0.316 e. The van der Waals surface area contributed by atoms with E-state index in [1.807, 2.05) is 17.8 Å². The maximum absolute atomic E-state index is 11.3. The molecule has 8 nitrogen and oxygen atoms in total. The predicted octanol–water partition coefficient (Wildman–Crippen LogP) is 4.55. The van der Waals surface area contributed by atoms with E-state index in [-0.39, 0.29) is 6.10 Å². The summed E-state index contributed by atoms with van der Waals surface area (Å²) < 4.78 is 36.8. The van der Waals surface area contributed by atoms with Crippen molar-refractivity contribution in [1.82, 2.24) is 15.0 Å². The van der Waals surface area contributed by atoms with Crippen LogP contribution in [0.4, 0.5) is 5.69 Å². The van der Waals surface area contributed by atoms with Gasteiger partial charge < -0.3 is 9.47 Å². The number of rotatable bonds is 9. The molecule has 2 heterocycles. The standard InChI is InChI=1S/C23H28N4O4S2/c1-3-16-12-24-23(25-13-16)31-21-8-4-17(5-9-21)22-26-19(15-32-22)14-30-20-10-6-18(7-11-20)27-33(2,28)29/h6-7,10-13,15,17,21,27H,3-5,8-9,14H2,1-2H3. The Morgan fingerprint density at radius 2 is 1.79 bits per heavy atom. The summed E-state index contributed by atoms with van der Waals surface area (Å²) in [6.07, 6.45) is 9.82. The molecule has 0 amide bonds. The molecule has 1 fully saturated rings. The van der Waals surface area contributed by atoms with Gasteiger partial charge in [0.15, 0.2) is 0 Å². The van der Waals surface area contributed by atoms with Crippen molar-refractivity contribution in [2.45, 2.75) is 57.7 Å². The maximum atomic E-state index is 11.3. The summed E-state index contributed by atoms with van der Waals surface area (Å²) in [6.45, 7) is 2.45. The largest absolute Gasteiger partial charge is 0.487 e. The molecule has 176 valence electrons. The number of benzene rings is 1. The third-order valence-electron chi connectivity index (χ3n) is 5.50. The molecule has 0 saturated heterocycles. The molecule has 1 N–H and O–H groups in total. The Labute approximate surface area is 198 Å². The second kappa shape index (κ2) is 10.5. The fourth-order valence-electron chi connectivity index (χ4n) is 3.73. The lowest BCUT2D eigenvalue weighted by molar-refractivity contribution is 0.134. The second-order valence-electron chi connectivity index (χ2n) is 8.18. The number of thiazole rings is 1. The third kappa shape index (κ3) is 6.88. The van der Waals surface area contributed by atoms with Crippen molar-refractivity contribution < 1.29 is 17.9 Å². The summed E-state index contributed by atoms with van der Waals surface area (Å²) >= 11 is 1.68. The Morgan fingerprint density at radius 3 is 2.42 bits per heavy atom. The molecule has 1 aliphatic carbocycles. The highest BCUT2D eigenvalue weighted by Crippen LogP contribution is 2.35. The van der Waals surface area contributed by atoms with Crippen LogP contribution in [0.1, 0.15) is 54.8 Å². The lowest BCUT2D eigenvalue weighted by Crippen LogP contribution is -2.24. The van der Waals surface area contributed by atoms with Gasteiger partial charge in [0.25, 0.3) is 0 Å². The van der Waals surface area contributed by atoms with Crippen molar-refractivity contribution in [2.75, 3.05) is 11.0 Å². The first-order valence-corrected chi connectivity index (χ1v) is 13.8. The summed E-state index contributed by atoms with van der Waals surface area (Å²) in [4.78, 5) is 13.4. The van der Waals surface area contributed by atoms with Crippen LogP contribution in [-0.2, 0) is 23.1 Å². The number of sulfonamides is 1. The Morgan fingerprint density at radius 1 is 1.09 bits per heavy atom. The minimum absolute atomic E-state index is 0.150. The number of nitrogens with one attached hydrogen (secondary N) is 1. The normalized spacial score (nSPS) is 18.6. The third-order valence-corrected chi connectivity index (χ3v) is 7.16. The SMILES string of the molecule is CCc1cnc(OC2CCC(c3nc(COc4ccc(NS(C)(=O)=O)cc4)cs3)CC2)nc1. The molecule has 0 aliphatic heterocycles. The summed E-state index contributed by atoms with van der Waals surface area (Å²) in [5.41, 5.74) is 2.51. The molecule has 10 heteroatoms. The minimum Gasteiger partial charge on any atom is -0.487 e. The van der Waals surface area contributed by atoms with E-state index in [2.05, 4.69) is 21.6 Å². The Kier molecular flexibility index (Phi) is 7.44. The Bertz CT molecular complexity index is 1140. The number of ether oxygens (including phenoxy) is 2. The van der Waals surface area contributed by atoms with Crippen LogP contribution in [0, 0.1) is 0 Å². The van der Waals surface area contributed by atoms with Crippen LogP contribution in [-0.4, -0.2) is 35.7 Å². The van der Waals surface area contributed by atoms with Gasteiger partial charge in [0, 0.05) is 29.4 Å². The van der Waals surface area contributed by atoms with E-state index in [1.54, 1.807) is 35.6 Å².